The van der Waals surface area contributed by atoms with Crippen LogP contribution in [0.5, 0.6) is 11.5 Å². The normalized spacial score (nSPS) is 19.0. The van der Waals surface area contributed by atoms with E-state index in [1.54, 1.807) is 14.2 Å². The first-order chi connectivity index (χ1) is 18.1. The van der Waals surface area contributed by atoms with E-state index in [1.807, 2.05) is 24.3 Å². The molecule has 0 saturated carbocycles. The highest BCUT2D eigenvalue weighted by atomic mass is 16.5. The minimum atomic E-state index is -0.335. The van der Waals surface area contributed by atoms with E-state index in [2.05, 4.69) is 63.7 Å². The third-order valence-corrected chi connectivity index (χ3v) is 7.66. The second-order valence-corrected chi connectivity index (χ2v) is 9.65. The molecule has 0 unspecified atom stereocenters. The van der Waals surface area contributed by atoms with Crippen molar-refractivity contribution in [3.63, 3.8) is 0 Å². The fourth-order valence-electron chi connectivity index (χ4n) is 5.94. The molecule has 0 saturated heterocycles. The zero-order valence-electron chi connectivity index (χ0n) is 20.6. The van der Waals surface area contributed by atoms with Crippen molar-refractivity contribution in [1.82, 2.24) is 14.9 Å². The number of pyridine rings is 1. The van der Waals surface area contributed by atoms with Gasteiger partial charge in [0.1, 0.15) is 5.82 Å². The summed E-state index contributed by atoms with van der Waals surface area (Å²) in [4.78, 5) is 24.6. The Labute approximate surface area is 214 Å². The number of hydrogen-bond donors (Lipinski definition) is 2. The second kappa shape index (κ2) is 8.35. The Bertz CT molecular complexity index is 1680. The van der Waals surface area contributed by atoms with Crippen molar-refractivity contribution in [3.8, 4) is 11.5 Å². The maximum absolute atomic E-state index is 13.8. The summed E-state index contributed by atoms with van der Waals surface area (Å²) in [7, 11) is 3.23. The quantitative estimate of drug-likeness (QED) is 0.363. The predicted molar refractivity (Wildman–Crippen MR) is 143 cm³/mol. The van der Waals surface area contributed by atoms with Gasteiger partial charge >= 0.3 is 0 Å². The van der Waals surface area contributed by atoms with Gasteiger partial charge in [-0.05, 0) is 35.7 Å². The van der Waals surface area contributed by atoms with E-state index in [9.17, 15) is 4.79 Å². The van der Waals surface area contributed by atoms with Gasteiger partial charge in [0, 0.05) is 40.2 Å². The molecule has 7 heteroatoms. The van der Waals surface area contributed by atoms with Crippen molar-refractivity contribution >= 4 is 33.5 Å². The molecule has 3 aromatic carbocycles. The van der Waals surface area contributed by atoms with Crippen molar-refractivity contribution < 1.29 is 14.3 Å². The van der Waals surface area contributed by atoms with Gasteiger partial charge in [-0.3, -0.25) is 9.69 Å². The fraction of sp³-hybridized carbons (Fsp3) is 0.200. The molecule has 5 aromatic rings. The lowest BCUT2D eigenvalue weighted by atomic mass is 9.87. The molecule has 37 heavy (non-hydrogen) atoms. The molecule has 1 amide bonds. The van der Waals surface area contributed by atoms with Crippen LogP contribution in [0.1, 0.15) is 28.4 Å². The van der Waals surface area contributed by atoms with E-state index >= 15 is 0 Å². The van der Waals surface area contributed by atoms with Gasteiger partial charge in [0.25, 0.3) is 0 Å². The van der Waals surface area contributed by atoms with Gasteiger partial charge in [-0.1, -0.05) is 48.5 Å². The number of benzene rings is 3. The Morgan fingerprint density at radius 1 is 0.946 bits per heavy atom. The smallest absolute Gasteiger partial charge is 0.243 e. The number of hydrogen-bond acceptors (Lipinski definition) is 5. The number of ether oxygens (including phenoxy) is 2. The van der Waals surface area contributed by atoms with E-state index in [4.69, 9.17) is 14.5 Å². The summed E-state index contributed by atoms with van der Waals surface area (Å²) in [5.41, 5.74) is 6.32. The fourth-order valence-corrected chi connectivity index (χ4v) is 5.94. The highest BCUT2D eigenvalue weighted by Gasteiger charge is 2.42. The maximum Gasteiger partial charge on any atom is 0.243 e. The Morgan fingerprint density at radius 2 is 1.70 bits per heavy atom. The zero-order chi connectivity index (χ0) is 25.1. The van der Waals surface area contributed by atoms with Crippen LogP contribution >= 0.6 is 0 Å². The lowest BCUT2D eigenvalue weighted by molar-refractivity contribution is -0.122. The summed E-state index contributed by atoms with van der Waals surface area (Å²) >= 11 is 0. The van der Waals surface area contributed by atoms with Crippen LogP contribution in [0.25, 0.3) is 21.8 Å². The molecule has 0 radical (unpaired) electrons. The molecule has 0 bridgehead atoms. The summed E-state index contributed by atoms with van der Waals surface area (Å²) in [6.07, 6.45) is 0.629. The molecule has 2 aliphatic rings. The summed E-state index contributed by atoms with van der Waals surface area (Å²) < 4.78 is 11.0. The molecule has 0 fully saturated rings. The predicted octanol–water partition coefficient (Wildman–Crippen LogP) is 5.20. The van der Waals surface area contributed by atoms with Crippen LogP contribution in [0.4, 0.5) is 5.82 Å². The number of amides is 1. The topological polar surface area (TPSA) is 79.5 Å². The number of para-hydroxylation sites is 1. The largest absolute Gasteiger partial charge is 0.493 e. The Kier molecular flexibility index (Phi) is 4.94. The van der Waals surface area contributed by atoms with Crippen LogP contribution in [0.2, 0.25) is 0 Å². The molecule has 7 rings (SSSR count). The Hall–Kier alpha value is -4.36. The molecular formula is C30H26N4O3. The third-order valence-electron chi connectivity index (χ3n) is 7.66. The van der Waals surface area contributed by atoms with Crippen LogP contribution in [0.3, 0.4) is 0 Å². The van der Waals surface area contributed by atoms with Crippen molar-refractivity contribution in [1.29, 1.82) is 0 Å². The van der Waals surface area contributed by atoms with Gasteiger partial charge in [0.15, 0.2) is 11.5 Å². The summed E-state index contributed by atoms with van der Waals surface area (Å²) in [6, 6.07) is 24.2. The molecule has 2 aromatic heterocycles. The van der Waals surface area contributed by atoms with E-state index in [0.29, 0.717) is 30.3 Å². The van der Waals surface area contributed by atoms with Crippen molar-refractivity contribution in [3.05, 3.63) is 95.2 Å². The highest BCUT2D eigenvalue weighted by molar-refractivity contribution is 5.98. The number of nitrogens with one attached hydrogen (secondary N) is 2. The minimum absolute atomic E-state index is 0.0389. The summed E-state index contributed by atoms with van der Waals surface area (Å²) in [6.45, 7) is 0.574. The Balaban J connectivity index is 1.41. The van der Waals surface area contributed by atoms with E-state index in [1.165, 1.54) is 10.9 Å². The molecule has 2 atom stereocenters. The first-order valence-electron chi connectivity index (χ1n) is 12.4. The number of H-pyrrole nitrogens is 1. The van der Waals surface area contributed by atoms with Crippen molar-refractivity contribution in [2.24, 2.45) is 0 Å². The maximum atomic E-state index is 13.8. The van der Waals surface area contributed by atoms with Crippen LogP contribution in [0, 0.1) is 0 Å². The molecular weight excluding hydrogens is 464 g/mol. The number of aromatic nitrogens is 2. The number of methoxy groups -OCH3 is 2. The van der Waals surface area contributed by atoms with E-state index in [-0.39, 0.29) is 18.0 Å². The zero-order valence-corrected chi connectivity index (χ0v) is 20.6. The number of aromatic amines is 1. The average molecular weight is 491 g/mol. The Morgan fingerprint density at radius 3 is 2.51 bits per heavy atom. The van der Waals surface area contributed by atoms with Gasteiger partial charge < -0.3 is 19.8 Å². The SMILES string of the molecule is COc1cc2cc3c(nc2cc1OC)NC(=O)[C@@H]1Cc2c([nH]c4ccccc24)[C@@H](c2ccccc2)N1C3. The van der Waals surface area contributed by atoms with Crippen molar-refractivity contribution in [2.45, 2.75) is 25.0 Å². The first kappa shape index (κ1) is 21.9. The lowest BCUT2D eigenvalue weighted by Crippen LogP contribution is -2.48. The summed E-state index contributed by atoms with van der Waals surface area (Å²) in [5, 5.41) is 5.26. The second-order valence-electron chi connectivity index (χ2n) is 9.65. The van der Waals surface area contributed by atoms with E-state index < -0.39 is 0 Å². The first-order valence-corrected chi connectivity index (χ1v) is 12.4. The number of carbonyl (C=O) groups excluding carboxylic acids is 1. The van der Waals surface area contributed by atoms with Gasteiger partial charge in [0.2, 0.25) is 5.91 Å². The number of fused-ring (bicyclic) bond motifs is 6. The van der Waals surface area contributed by atoms with Crippen LogP contribution in [-0.4, -0.2) is 41.0 Å². The highest BCUT2D eigenvalue weighted by Crippen LogP contribution is 2.44. The minimum Gasteiger partial charge on any atom is -0.493 e. The van der Waals surface area contributed by atoms with Gasteiger partial charge in [-0.2, -0.15) is 0 Å². The molecule has 0 spiro atoms. The molecule has 4 heterocycles. The van der Waals surface area contributed by atoms with Crippen molar-refractivity contribution in [2.75, 3.05) is 19.5 Å². The van der Waals surface area contributed by atoms with Crippen LogP contribution in [-0.2, 0) is 17.8 Å². The van der Waals surface area contributed by atoms with Crippen LogP contribution < -0.4 is 14.8 Å². The molecule has 2 N–H and O–H groups in total. The number of carbonyl (C=O) groups is 1. The van der Waals surface area contributed by atoms with Gasteiger partial charge in [-0.25, -0.2) is 4.98 Å². The number of anilines is 1. The van der Waals surface area contributed by atoms with Crippen LogP contribution in [0.15, 0.2) is 72.8 Å². The molecule has 7 nitrogen and oxygen atoms in total. The van der Waals surface area contributed by atoms with Gasteiger partial charge in [-0.15, -0.1) is 0 Å². The monoisotopic (exact) mass is 490 g/mol. The molecule has 0 aliphatic carbocycles. The van der Waals surface area contributed by atoms with E-state index in [0.717, 1.165) is 33.2 Å². The standard InChI is InChI=1S/C30H26N4O3/c1-36-25-13-18-12-19-16-34-24(30(35)33-29(19)32-23(18)15-26(25)37-2)14-21-20-10-6-7-11-22(20)31-27(21)28(34)17-8-4-3-5-9-17/h3-13,15,24,28,31H,14,16H2,1-2H3,(H,32,33,35)/t24-,28+/m0/s1. The average Bonchev–Trinajstić information content (AvgIpc) is 3.24. The molecule has 184 valence electrons. The lowest BCUT2D eigenvalue weighted by Gasteiger charge is -2.40. The number of rotatable bonds is 3. The van der Waals surface area contributed by atoms with Gasteiger partial charge in [0.05, 0.1) is 31.8 Å². The third kappa shape index (κ3) is 3.38. The number of nitrogens with zero attached hydrogens (tertiary/aromatic N) is 2. The summed E-state index contributed by atoms with van der Waals surface area (Å²) in [5.74, 6) is 1.81. The molecule has 2 aliphatic heterocycles.